The number of carbonyl (C=O) groups excluding carboxylic acids is 1. The number of fused-ring (bicyclic) bond motifs is 1. The van der Waals surface area contributed by atoms with E-state index in [4.69, 9.17) is 21.1 Å². The number of nitrogens with zero attached hydrogens (tertiary/aromatic N) is 1. The average Bonchev–Trinajstić information content (AvgIpc) is 3.16. The summed E-state index contributed by atoms with van der Waals surface area (Å²) in [7, 11) is 0. The molecule has 0 N–H and O–H groups in total. The van der Waals surface area contributed by atoms with Gasteiger partial charge in [0.2, 0.25) is 6.08 Å². The second-order valence-electron chi connectivity index (χ2n) is 4.88. The maximum atomic E-state index is 10.1. The highest BCUT2D eigenvalue weighted by molar-refractivity contribution is 6.31. The summed E-state index contributed by atoms with van der Waals surface area (Å²) < 4.78 is 11.5. The molecule has 0 atom stereocenters. The molecule has 1 saturated carbocycles. The first-order valence-corrected chi connectivity index (χ1v) is 6.22. The summed E-state index contributed by atoms with van der Waals surface area (Å²) >= 11 is 6.11. The van der Waals surface area contributed by atoms with E-state index in [1.807, 2.05) is 0 Å². The van der Waals surface area contributed by atoms with E-state index in [9.17, 15) is 4.79 Å². The number of rotatable bonds is 2. The standard InChI is InChI=1S/C13H12ClNO3/c14-10-4-12-11(3-9(10)5-15-8-16)17-6-13(1-2-13)7-18-12/h3-4H,1-2,5-7H2. The molecule has 1 aliphatic carbocycles. The predicted molar refractivity (Wildman–Crippen MR) is 65.9 cm³/mol. The summed E-state index contributed by atoms with van der Waals surface area (Å²) in [5.74, 6) is 1.35. The average molecular weight is 266 g/mol. The maximum absolute atomic E-state index is 10.1. The largest absolute Gasteiger partial charge is 0.489 e. The van der Waals surface area contributed by atoms with Crippen molar-refractivity contribution in [3.8, 4) is 11.5 Å². The Labute approximate surface area is 110 Å². The molecule has 94 valence electrons. The highest BCUT2D eigenvalue weighted by Gasteiger charge is 2.46. The highest BCUT2D eigenvalue weighted by atomic mass is 35.5. The summed E-state index contributed by atoms with van der Waals surface area (Å²) in [6.45, 7) is 1.57. The van der Waals surface area contributed by atoms with Crippen LogP contribution in [0.25, 0.3) is 0 Å². The van der Waals surface area contributed by atoms with Crippen molar-refractivity contribution in [2.75, 3.05) is 13.2 Å². The van der Waals surface area contributed by atoms with Gasteiger partial charge in [-0.2, -0.15) is 0 Å². The van der Waals surface area contributed by atoms with Crippen LogP contribution in [0.1, 0.15) is 18.4 Å². The van der Waals surface area contributed by atoms with Gasteiger partial charge in [0, 0.05) is 16.5 Å². The molecule has 0 amide bonds. The van der Waals surface area contributed by atoms with Crippen molar-refractivity contribution in [1.82, 2.24) is 0 Å². The summed E-state index contributed by atoms with van der Waals surface area (Å²) in [4.78, 5) is 13.7. The van der Waals surface area contributed by atoms with Crippen LogP contribution in [0, 0.1) is 5.41 Å². The van der Waals surface area contributed by atoms with Crippen molar-refractivity contribution >= 4 is 17.7 Å². The van der Waals surface area contributed by atoms with Crippen LogP contribution in [0.5, 0.6) is 11.5 Å². The van der Waals surface area contributed by atoms with Crippen molar-refractivity contribution in [3.63, 3.8) is 0 Å². The van der Waals surface area contributed by atoms with Gasteiger partial charge in [0.1, 0.15) is 0 Å². The number of aliphatic imine (C=N–C) groups is 1. The summed E-state index contributed by atoms with van der Waals surface area (Å²) in [5, 5.41) is 0.531. The Morgan fingerprint density at radius 1 is 1.28 bits per heavy atom. The minimum atomic E-state index is 0.201. The normalized spacial score (nSPS) is 18.9. The van der Waals surface area contributed by atoms with Gasteiger partial charge in [0.15, 0.2) is 11.5 Å². The van der Waals surface area contributed by atoms with E-state index in [0.29, 0.717) is 29.7 Å². The fourth-order valence-corrected chi connectivity index (χ4v) is 2.22. The van der Waals surface area contributed by atoms with Gasteiger partial charge < -0.3 is 9.47 Å². The molecule has 18 heavy (non-hydrogen) atoms. The molecule has 0 saturated heterocycles. The van der Waals surface area contributed by atoms with Crippen molar-refractivity contribution in [3.05, 3.63) is 22.7 Å². The van der Waals surface area contributed by atoms with Gasteiger partial charge in [-0.25, -0.2) is 9.79 Å². The number of hydrogen-bond acceptors (Lipinski definition) is 4. The molecule has 1 heterocycles. The predicted octanol–water partition coefficient (Wildman–Crippen LogP) is 2.73. The molecule has 0 radical (unpaired) electrons. The zero-order valence-electron chi connectivity index (χ0n) is 9.74. The van der Waals surface area contributed by atoms with Crippen molar-refractivity contribution in [2.24, 2.45) is 10.4 Å². The number of benzene rings is 1. The van der Waals surface area contributed by atoms with E-state index in [-0.39, 0.29) is 12.0 Å². The van der Waals surface area contributed by atoms with Crippen molar-refractivity contribution in [1.29, 1.82) is 0 Å². The smallest absolute Gasteiger partial charge is 0.235 e. The molecule has 1 fully saturated rings. The van der Waals surface area contributed by atoms with Gasteiger partial charge >= 0.3 is 0 Å². The van der Waals surface area contributed by atoms with E-state index in [2.05, 4.69) is 4.99 Å². The fraction of sp³-hybridized carbons (Fsp3) is 0.462. The van der Waals surface area contributed by atoms with Crippen LogP contribution >= 0.6 is 11.6 Å². The van der Waals surface area contributed by atoms with E-state index in [1.54, 1.807) is 12.1 Å². The zero-order chi connectivity index (χ0) is 12.6. The van der Waals surface area contributed by atoms with Crippen LogP contribution in [0.4, 0.5) is 0 Å². The molecule has 1 aromatic carbocycles. The Bertz CT molecular complexity index is 533. The Kier molecular flexibility index (Phi) is 2.77. The molecule has 3 rings (SSSR count). The number of hydrogen-bond donors (Lipinski definition) is 0. The minimum absolute atomic E-state index is 0.201. The molecule has 1 aliphatic heterocycles. The van der Waals surface area contributed by atoms with E-state index in [1.165, 1.54) is 6.08 Å². The third-order valence-corrected chi connectivity index (χ3v) is 3.80. The molecule has 0 bridgehead atoms. The van der Waals surface area contributed by atoms with Crippen LogP contribution in [0.15, 0.2) is 17.1 Å². The minimum Gasteiger partial charge on any atom is -0.489 e. The molecule has 5 heteroatoms. The second kappa shape index (κ2) is 4.30. The maximum Gasteiger partial charge on any atom is 0.235 e. The zero-order valence-corrected chi connectivity index (χ0v) is 10.5. The second-order valence-corrected chi connectivity index (χ2v) is 5.28. The monoisotopic (exact) mass is 265 g/mol. The molecule has 0 aromatic heterocycles. The van der Waals surface area contributed by atoms with Crippen LogP contribution in [-0.4, -0.2) is 19.3 Å². The van der Waals surface area contributed by atoms with Crippen molar-refractivity contribution in [2.45, 2.75) is 19.4 Å². The van der Waals surface area contributed by atoms with Gasteiger partial charge in [-0.15, -0.1) is 0 Å². The van der Waals surface area contributed by atoms with E-state index < -0.39 is 0 Å². The quantitative estimate of drug-likeness (QED) is 0.610. The van der Waals surface area contributed by atoms with E-state index >= 15 is 0 Å². The summed E-state index contributed by atoms with van der Waals surface area (Å²) in [5.41, 5.74) is 0.946. The Morgan fingerprint density at radius 3 is 2.56 bits per heavy atom. The lowest BCUT2D eigenvalue weighted by Crippen LogP contribution is -2.17. The van der Waals surface area contributed by atoms with Gasteiger partial charge in [0.05, 0.1) is 19.8 Å². The first-order chi connectivity index (χ1) is 8.72. The molecule has 1 spiro atoms. The lowest BCUT2D eigenvalue weighted by atomic mass is 10.1. The number of ether oxygens (including phenoxy) is 2. The van der Waals surface area contributed by atoms with Gasteiger partial charge in [-0.3, -0.25) is 0 Å². The Morgan fingerprint density at radius 2 is 1.94 bits per heavy atom. The third-order valence-electron chi connectivity index (χ3n) is 3.45. The van der Waals surface area contributed by atoms with Crippen LogP contribution < -0.4 is 9.47 Å². The molecule has 1 aromatic rings. The number of halogens is 1. The van der Waals surface area contributed by atoms with Crippen LogP contribution in [0.2, 0.25) is 5.02 Å². The third kappa shape index (κ3) is 2.09. The Hall–Kier alpha value is -1.51. The topological polar surface area (TPSA) is 47.9 Å². The molecule has 4 nitrogen and oxygen atoms in total. The summed E-state index contributed by atoms with van der Waals surface area (Å²) in [6, 6.07) is 3.52. The highest BCUT2D eigenvalue weighted by Crippen LogP contribution is 2.49. The van der Waals surface area contributed by atoms with Crippen LogP contribution in [0.3, 0.4) is 0 Å². The molecule has 0 unspecified atom stereocenters. The molecule has 2 aliphatic rings. The molecular formula is C13H12ClNO3. The van der Waals surface area contributed by atoms with Crippen molar-refractivity contribution < 1.29 is 14.3 Å². The molecular weight excluding hydrogens is 254 g/mol. The first-order valence-electron chi connectivity index (χ1n) is 5.84. The van der Waals surface area contributed by atoms with Gasteiger partial charge in [-0.05, 0) is 24.5 Å². The van der Waals surface area contributed by atoms with Gasteiger partial charge in [-0.1, -0.05) is 11.6 Å². The lowest BCUT2D eigenvalue weighted by molar-refractivity contribution is 0.197. The summed E-state index contributed by atoms with van der Waals surface area (Å²) in [6.07, 6.45) is 3.80. The first kappa shape index (κ1) is 11.6. The fourth-order valence-electron chi connectivity index (χ4n) is 2.01. The lowest BCUT2D eigenvalue weighted by Gasteiger charge is -2.09. The van der Waals surface area contributed by atoms with E-state index in [0.717, 1.165) is 18.4 Å². The number of isocyanates is 1. The van der Waals surface area contributed by atoms with Gasteiger partial charge in [0.25, 0.3) is 0 Å². The van der Waals surface area contributed by atoms with Crippen LogP contribution in [-0.2, 0) is 11.3 Å². The SMILES string of the molecule is O=C=NCc1cc2c(cc1Cl)OCC1(CC1)CO2. The Balaban J connectivity index is 1.90.